The number of carboxylic acid groups (broad SMARTS) is 1. The monoisotopic (exact) mass is 398 g/mol. The molecule has 0 radical (unpaired) electrons. The first kappa shape index (κ1) is 20.1. The van der Waals surface area contributed by atoms with Crippen LogP contribution in [0.15, 0.2) is 43.0 Å². The van der Waals surface area contributed by atoms with Crippen LogP contribution in [0.4, 0.5) is 0 Å². The SMILES string of the molecule is N[C@@H](Cc1cnc[nH]1)C(=O)NCC(=O)N[C@@H](Cc1c[nH]c2ccccc12)C(=O)O. The van der Waals surface area contributed by atoms with E-state index in [4.69, 9.17) is 5.73 Å². The molecule has 3 aromatic rings. The van der Waals surface area contributed by atoms with Gasteiger partial charge in [0.05, 0.1) is 18.9 Å². The van der Waals surface area contributed by atoms with Gasteiger partial charge >= 0.3 is 5.97 Å². The number of hydrogen-bond acceptors (Lipinski definition) is 5. The second-order valence-corrected chi connectivity index (χ2v) is 6.63. The Bertz CT molecular complexity index is 997. The Labute approximate surface area is 165 Å². The van der Waals surface area contributed by atoms with Crippen LogP contribution < -0.4 is 16.4 Å². The number of aromatic amines is 2. The number of rotatable bonds is 9. The van der Waals surface area contributed by atoms with Crippen molar-refractivity contribution in [1.29, 1.82) is 0 Å². The first-order valence-electron chi connectivity index (χ1n) is 9.01. The van der Waals surface area contributed by atoms with Crippen molar-refractivity contribution in [3.8, 4) is 0 Å². The predicted octanol–water partition coefficient (Wildman–Crippen LogP) is -0.311. The molecule has 0 saturated carbocycles. The van der Waals surface area contributed by atoms with Crippen molar-refractivity contribution < 1.29 is 19.5 Å². The Morgan fingerprint density at radius 1 is 1.17 bits per heavy atom. The Morgan fingerprint density at radius 2 is 1.97 bits per heavy atom. The maximum absolute atomic E-state index is 12.1. The van der Waals surface area contributed by atoms with E-state index < -0.39 is 29.9 Å². The normalized spacial score (nSPS) is 13.0. The van der Waals surface area contributed by atoms with Gasteiger partial charge in [0.15, 0.2) is 0 Å². The molecule has 10 nitrogen and oxygen atoms in total. The van der Waals surface area contributed by atoms with E-state index in [1.54, 1.807) is 12.4 Å². The molecule has 2 amide bonds. The fourth-order valence-electron chi connectivity index (χ4n) is 2.99. The maximum Gasteiger partial charge on any atom is 0.326 e. The molecule has 2 heterocycles. The first-order chi connectivity index (χ1) is 13.9. The van der Waals surface area contributed by atoms with Gasteiger partial charge in [-0.25, -0.2) is 9.78 Å². The van der Waals surface area contributed by atoms with E-state index >= 15 is 0 Å². The van der Waals surface area contributed by atoms with Crippen LogP contribution in [0, 0.1) is 0 Å². The predicted molar refractivity (Wildman–Crippen MR) is 105 cm³/mol. The highest BCUT2D eigenvalue weighted by molar-refractivity contribution is 5.90. The zero-order chi connectivity index (χ0) is 20.8. The molecule has 0 aliphatic rings. The van der Waals surface area contributed by atoms with E-state index in [1.807, 2.05) is 24.3 Å². The lowest BCUT2D eigenvalue weighted by Crippen LogP contribution is -2.49. The maximum atomic E-state index is 12.1. The van der Waals surface area contributed by atoms with Crippen LogP contribution in [0.2, 0.25) is 0 Å². The smallest absolute Gasteiger partial charge is 0.326 e. The summed E-state index contributed by atoms with van der Waals surface area (Å²) in [5.74, 6) is -2.29. The van der Waals surface area contributed by atoms with Crippen LogP contribution in [0.3, 0.4) is 0 Å². The van der Waals surface area contributed by atoms with Crippen molar-refractivity contribution >= 4 is 28.7 Å². The number of carbonyl (C=O) groups is 3. The first-order valence-corrected chi connectivity index (χ1v) is 9.01. The molecule has 0 aliphatic carbocycles. The molecule has 10 heteroatoms. The average molecular weight is 398 g/mol. The molecular weight excluding hydrogens is 376 g/mol. The number of carboxylic acids is 1. The van der Waals surface area contributed by atoms with Crippen LogP contribution in [0.25, 0.3) is 10.9 Å². The van der Waals surface area contributed by atoms with Gasteiger partial charge in [-0.1, -0.05) is 18.2 Å². The van der Waals surface area contributed by atoms with Gasteiger partial charge in [0, 0.05) is 41.8 Å². The van der Waals surface area contributed by atoms with Gasteiger partial charge in [0.1, 0.15) is 6.04 Å². The number of aromatic nitrogens is 3. The molecule has 2 aromatic heterocycles. The van der Waals surface area contributed by atoms with Crippen molar-refractivity contribution in [2.75, 3.05) is 6.54 Å². The third-order valence-electron chi connectivity index (χ3n) is 4.49. The molecule has 2 atom stereocenters. The minimum Gasteiger partial charge on any atom is -0.480 e. The van der Waals surface area contributed by atoms with E-state index in [-0.39, 0.29) is 19.4 Å². The second-order valence-electron chi connectivity index (χ2n) is 6.63. The number of H-pyrrole nitrogens is 2. The highest BCUT2D eigenvalue weighted by Gasteiger charge is 2.23. The molecule has 3 rings (SSSR count). The van der Waals surface area contributed by atoms with Crippen molar-refractivity contribution in [3.63, 3.8) is 0 Å². The summed E-state index contributed by atoms with van der Waals surface area (Å²) >= 11 is 0. The Morgan fingerprint density at radius 3 is 2.69 bits per heavy atom. The van der Waals surface area contributed by atoms with Gasteiger partial charge in [-0.3, -0.25) is 9.59 Å². The molecule has 0 unspecified atom stereocenters. The summed E-state index contributed by atoms with van der Waals surface area (Å²) in [4.78, 5) is 45.5. The molecule has 7 N–H and O–H groups in total. The largest absolute Gasteiger partial charge is 0.480 e. The van der Waals surface area contributed by atoms with E-state index in [0.717, 1.165) is 16.5 Å². The van der Waals surface area contributed by atoms with E-state index in [0.29, 0.717) is 5.69 Å². The highest BCUT2D eigenvalue weighted by atomic mass is 16.4. The number of fused-ring (bicyclic) bond motifs is 1. The number of carbonyl (C=O) groups excluding carboxylic acids is 2. The summed E-state index contributed by atoms with van der Waals surface area (Å²) in [6, 6.07) is 5.51. The average Bonchev–Trinajstić information content (AvgIpc) is 3.35. The minimum absolute atomic E-state index is 0.109. The van der Waals surface area contributed by atoms with E-state index in [9.17, 15) is 19.5 Å². The van der Waals surface area contributed by atoms with Gasteiger partial charge in [-0.2, -0.15) is 0 Å². The minimum atomic E-state index is -1.16. The number of nitrogens with zero attached hydrogens (tertiary/aromatic N) is 1. The lowest BCUT2D eigenvalue weighted by Gasteiger charge is -2.15. The molecular formula is C19H22N6O4. The van der Waals surface area contributed by atoms with Crippen molar-refractivity contribution in [2.45, 2.75) is 24.9 Å². The number of nitrogens with two attached hydrogens (primary N) is 1. The third kappa shape index (κ3) is 5.20. The van der Waals surface area contributed by atoms with Crippen LogP contribution in [0.5, 0.6) is 0 Å². The summed E-state index contributed by atoms with van der Waals surface area (Å²) < 4.78 is 0. The van der Waals surface area contributed by atoms with Crippen LogP contribution in [-0.4, -0.2) is 56.5 Å². The summed E-state index contributed by atoms with van der Waals surface area (Å²) in [7, 11) is 0. The van der Waals surface area contributed by atoms with Crippen molar-refractivity contribution in [2.24, 2.45) is 5.73 Å². The number of hydrogen-bond donors (Lipinski definition) is 6. The third-order valence-corrected chi connectivity index (χ3v) is 4.49. The fourth-order valence-corrected chi connectivity index (χ4v) is 2.99. The number of aliphatic carboxylic acids is 1. The molecule has 0 bridgehead atoms. The summed E-state index contributed by atoms with van der Waals surface area (Å²) in [5, 5.41) is 15.2. The Kier molecular flexibility index (Phi) is 6.25. The van der Waals surface area contributed by atoms with Gasteiger partial charge in [-0.15, -0.1) is 0 Å². The van der Waals surface area contributed by atoms with Crippen LogP contribution >= 0.6 is 0 Å². The van der Waals surface area contributed by atoms with E-state index in [1.165, 1.54) is 6.33 Å². The van der Waals surface area contributed by atoms with Crippen LogP contribution in [-0.2, 0) is 27.2 Å². The lowest BCUT2D eigenvalue weighted by atomic mass is 10.0. The Hall–Kier alpha value is -3.66. The quantitative estimate of drug-likeness (QED) is 0.289. The van der Waals surface area contributed by atoms with Gasteiger partial charge in [-0.05, 0) is 11.6 Å². The number of imidazole rings is 1. The summed E-state index contributed by atoms with van der Waals surface area (Å²) in [5.41, 5.74) is 8.16. The molecule has 0 saturated heterocycles. The topological polar surface area (TPSA) is 166 Å². The summed E-state index contributed by atoms with van der Waals surface area (Å²) in [6.07, 6.45) is 5.11. The number of benzene rings is 1. The van der Waals surface area contributed by atoms with Gasteiger partial charge in [0.25, 0.3) is 0 Å². The molecule has 29 heavy (non-hydrogen) atoms. The molecule has 1 aromatic carbocycles. The van der Waals surface area contributed by atoms with Crippen molar-refractivity contribution in [3.05, 3.63) is 54.2 Å². The van der Waals surface area contributed by atoms with Crippen molar-refractivity contribution in [1.82, 2.24) is 25.6 Å². The molecule has 152 valence electrons. The van der Waals surface area contributed by atoms with Gasteiger partial charge < -0.3 is 31.4 Å². The molecule has 0 fully saturated rings. The number of nitrogens with one attached hydrogen (secondary N) is 4. The standard InChI is InChI=1S/C19H22N6O4/c20-14(6-12-8-21-10-24-12)18(27)23-9-17(26)25-16(19(28)29)5-11-7-22-15-4-2-1-3-13(11)15/h1-4,7-8,10,14,16,22H,5-6,9,20H2,(H,21,24)(H,23,27)(H,25,26)(H,28,29)/t14-,16-/m0/s1. The van der Waals surface area contributed by atoms with E-state index in [2.05, 4.69) is 25.6 Å². The zero-order valence-electron chi connectivity index (χ0n) is 15.5. The van der Waals surface area contributed by atoms with Gasteiger partial charge in [0.2, 0.25) is 11.8 Å². The molecule has 0 aliphatic heterocycles. The molecule has 0 spiro atoms. The summed E-state index contributed by atoms with van der Waals surface area (Å²) in [6.45, 7) is -0.368. The second kappa shape index (κ2) is 9.02. The lowest BCUT2D eigenvalue weighted by molar-refractivity contribution is -0.141. The fraction of sp³-hybridized carbons (Fsp3) is 0.263. The number of para-hydroxylation sites is 1. The zero-order valence-corrected chi connectivity index (χ0v) is 15.5. The Balaban J connectivity index is 1.53. The number of amides is 2. The van der Waals surface area contributed by atoms with Crippen LogP contribution in [0.1, 0.15) is 11.3 Å². The highest BCUT2D eigenvalue weighted by Crippen LogP contribution is 2.19.